The summed E-state index contributed by atoms with van der Waals surface area (Å²) >= 11 is 5.89. The number of aryl methyl sites for hydroxylation is 1. The Morgan fingerprint density at radius 2 is 1.83 bits per heavy atom. The molecule has 1 N–H and O–H groups in total. The number of amides is 1. The van der Waals surface area contributed by atoms with Crippen LogP contribution >= 0.6 is 11.6 Å². The summed E-state index contributed by atoms with van der Waals surface area (Å²) in [6.45, 7) is 3.42. The van der Waals surface area contributed by atoms with Crippen LogP contribution in [0.3, 0.4) is 0 Å². The van der Waals surface area contributed by atoms with E-state index in [0.717, 1.165) is 11.1 Å². The van der Waals surface area contributed by atoms with Crippen molar-refractivity contribution in [2.75, 3.05) is 13.2 Å². The van der Waals surface area contributed by atoms with Crippen molar-refractivity contribution in [2.24, 2.45) is 0 Å². The summed E-state index contributed by atoms with van der Waals surface area (Å²) in [6, 6.07) is 15.0. The van der Waals surface area contributed by atoms with E-state index >= 15 is 0 Å². The average molecular weight is 348 g/mol. The zero-order chi connectivity index (χ0) is 17.8. The average Bonchev–Trinajstić information content (AvgIpc) is 2.56. The van der Waals surface area contributed by atoms with E-state index in [-0.39, 0.29) is 12.1 Å². The molecular formula is C18H18ClNO4. The van der Waals surface area contributed by atoms with Crippen molar-refractivity contribution in [3.63, 3.8) is 0 Å². The quantitative estimate of drug-likeness (QED) is 0.815. The van der Waals surface area contributed by atoms with Gasteiger partial charge < -0.3 is 10.1 Å². The molecule has 6 heteroatoms. The summed E-state index contributed by atoms with van der Waals surface area (Å²) < 4.78 is 5.51. The minimum absolute atomic E-state index is 0.0821. The van der Waals surface area contributed by atoms with Crippen molar-refractivity contribution in [2.45, 2.75) is 13.5 Å². The van der Waals surface area contributed by atoms with Gasteiger partial charge in [-0.1, -0.05) is 41.4 Å². The molecule has 0 saturated heterocycles. The van der Waals surface area contributed by atoms with Gasteiger partial charge in [0.05, 0.1) is 13.2 Å². The summed E-state index contributed by atoms with van der Waals surface area (Å²) in [6.07, 6.45) is 0.250. The fraction of sp³-hybridized carbons (Fsp3) is 0.222. The van der Waals surface area contributed by atoms with Crippen LogP contribution in [0, 0.1) is 6.92 Å². The molecule has 5 nitrogen and oxygen atoms in total. The molecule has 0 aliphatic carbocycles. The van der Waals surface area contributed by atoms with Gasteiger partial charge in [0.25, 0.3) is 5.91 Å². The van der Waals surface area contributed by atoms with Crippen LogP contribution in [0.15, 0.2) is 48.5 Å². The first kappa shape index (κ1) is 19.6. The third kappa shape index (κ3) is 7.70. The summed E-state index contributed by atoms with van der Waals surface area (Å²) in [5.74, 6) is -0.0821. The molecule has 0 radical (unpaired) electrons. The van der Waals surface area contributed by atoms with Crippen LogP contribution in [0.5, 0.6) is 0 Å². The monoisotopic (exact) mass is 347 g/mol. The minimum Gasteiger partial charge on any atom is -0.375 e. The first-order chi connectivity index (χ1) is 11.6. The summed E-state index contributed by atoms with van der Waals surface area (Å²) in [4.78, 5) is 28.1. The molecular weight excluding hydrogens is 330 g/mol. The van der Waals surface area contributed by atoms with E-state index in [1.807, 2.05) is 55.5 Å². The molecule has 0 heterocycles. The van der Waals surface area contributed by atoms with Crippen LogP contribution in [0.2, 0.25) is 5.02 Å². The molecule has 0 spiro atoms. The maximum absolute atomic E-state index is 11.8. The second-order valence-electron chi connectivity index (χ2n) is 4.89. The SMILES string of the molecule is Cc1ccc(C(=O)NCCOCc2cccc(Cl)c2)cc1.O=C=O. The van der Waals surface area contributed by atoms with E-state index in [4.69, 9.17) is 25.9 Å². The number of hydrogen-bond acceptors (Lipinski definition) is 4. The number of rotatable bonds is 6. The fourth-order valence-electron chi connectivity index (χ4n) is 1.86. The molecule has 2 rings (SSSR count). The lowest BCUT2D eigenvalue weighted by Crippen LogP contribution is -2.27. The molecule has 2 aromatic rings. The van der Waals surface area contributed by atoms with Crippen LogP contribution < -0.4 is 5.32 Å². The molecule has 0 aromatic heterocycles. The van der Waals surface area contributed by atoms with E-state index in [2.05, 4.69) is 5.32 Å². The Labute approximate surface area is 145 Å². The van der Waals surface area contributed by atoms with Crippen LogP contribution in [-0.2, 0) is 20.9 Å². The van der Waals surface area contributed by atoms with Crippen molar-refractivity contribution in [1.82, 2.24) is 5.32 Å². The zero-order valence-electron chi connectivity index (χ0n) is 13.3. The van der Waals surface area contributed by atoms with Gasteiger partial charge in [0.2, 0.25) is 0 Å². The number of ether oxygens (including phenoxy) is 1. The van der Waals surface area contributed by atoms with Crippen molar-refractivity contribution in [1.29, 1.82) is 0 Å². The molecule has 0 saturated carbocycles. The van der Waals surface area contributed by atoms with Crippen LogP contribution in [0.4, 0.5) is 0 Å². The van der Waals surface area contributed by atoms with Crippen molar-refractivity contribution in [3.05, 3.63) is 70.2 Å². The Morgan fingerprint density at radius 3 is 2.46 bits per heavy atom. The third-order valence-corrected chi connectivity index (χ3v) is 3.24. The van der Waals surface area contributed by atoms with Crippen molar-refractivity contribution >= 4 is 23.7 Å². The van der Waals surface area contributed by atoms with E-state index in [1.54, 1.807) is 0 Å². The second kappa shape index (κ2) is 11.1. The normalized spacial score (nSPS) is 9.42. The predicted octanol–water partition coefficient (Wildman–Crippen LogP) is 3.01. The van der Waals surface area contributed by atoms with Crippen LogP contribution in [-0.4, -0.2) is 25.2 Å². The van der Waals surface area contributed by atoms with Gasteiger partial charge in [-0.25, -0.2) is 0 Å². The highest BCUT2D eigenvalue weighted by Crippen LogP contribution is 2.11. The van der Waals surface area contributed by atoms with E-state index < -0.39 is 0 Å². The highest BCUT2D eigenvalue weighted by atomic mass is 35.5. The number of halogens is 1. The first-order valence-corrected chi connectivity index (χ1v) is 7.61. The largest absolute Gasteiger partial charge is 0.375 e. The van der Waals surface area contributed by atoms with E-state index in [9.17, 15) is 4.79 Å². The smallest absolute Gasteiger partial charge is 0.373 e. The van der Waals surface area contributed by atoms with Gasteiger partial charge in [0.15, 0.2) is 0 Å². The Morgan fingerprint density at radius 1 is 1.17 bits per heavy atom. The molecule has 1 amide bonds. The lowest BCUT2D eigenvalue weighted by molar-refractivity contribution is -0.191. The van der Waals surface area contributed by atoms with Gasteiger partial charge in [-0.15, -0.1) is 0 Å². The summed E-state index contributed by atoms with van der Waals surface area (Å²) in [5.41, 5.74) is 2.82. The van der Waals surface area contributed by atoms with Gasteiger partial charge >= 0.3 is 6.15 Å². The Bertz CT molecular complexity index is 680. The summed E-state index contributed by atoms with van der Waals surface area (Å²) in [5, 5.41) is 3.52. The molecule has 0 aliphatic heterocycles. The second-order valence-corrected chi connectivity index (χ2v) is 5.32. The molecule has 2 aromatic carbocycles. The number of hydrogen-bond donors (Lipinski definition) is 1. The first-order valence-electron chi connectivity index (χ1n) is 7.23. The Kier molecular flexibility index (Phi) is 9.09. The summed E-state index contributed by atoms with van der Waals surface area (Å²) in [7, 11) is 0. The fourth-order valence-corrected chi connectivity index (χ4v) is 2.07. The number of benzene rings is 2. The molecule has 0 atom stereocenters. The molecule has 0 unspecified atom stereocenters. The predicted molar refractivity (Wildman–Crippen MR) is 89.6 cm³/mol. The van der Waals surface area contributed by atoms with Gasteiger partial charge in [-0.3, -0.25) is 4.79 Å². The molecule has 0 fully saturated rings. The topological polar surface area (TPSA) is 72.5 Å². The van der Waals surface area contributed by atoms with Crippen LogP contribution in [0.1, 0.15) is 21.5 Å². The Balaban J connectivity index is 0.000000891. The van der Waals surface area contributed by atoms with Crippen molar-refractivity contribution in [3.8, 4) is 0 Å². The van der Waals surface area contributed by atoms with E-state index in [0.29, 0.717) is 30.3 Å². The minimum atomic E-state index is -0.0821. The number of carbonyl (C=O) groups is 1. The maximum atomic E-state index is 11.8. The van der Waals surface area contributed by atoms with Gasteiger partial charge in [0, 0.05) is 17.1 Å². The molecule has 0 bridgehead atoms. The van der Waals surface area contributed by atoms with Gasteiger partial charge in [-0.05, 0) is 36.8 Å². The standard InChI is InChI=1S/C17H18ClNO2.CO2/c1-13-5-7-15(8-6-13)17(20)19-9-10-21-12-14-3-2-4-16(18)11-14;2-1-3/h2-8,11H,9-10,12H2,1H3,(H,19,20);. The maximum Gasteiger partial charge on any atom is 0.373 e. The number of carbonyl (C=O) groups excluding carboxylic acids is 3. The molecule has 126 valence electrons. The Hall–Kier alpha value is -2.46. The van der Waals surface area contributed by atoms with Crippen LogP contribution in [0.25, 0.3) is 0 Å². The lowest BCUT2D eigenvalue weighted by atomic mass is 10.1. The lowest BCUT2D eigenvalue weighted by Gasteiger charge is -2.07. The van der Waals surface area contributed by atoms with Gasteiger partial charge in [-0.2, -0.15) is 9.59 Å². The highest BCUT2D eigenvalue weighted by Gasteiger charge is 2.03. The van der Waals surface area contributed by atoms with Gasteiger partial charge in [0.1, 0.15) is 0 Å². The molecule has 0 aliphatic rings. The third-order valence-electron chi connectivity index (χ3n) is 3.00. The molecule has 24 heavy (non-hydrogen) atoms. The van der Waals surface area contributed by atoms with Crippen molar-refractivity contribution < 1.29 is 19.1 Å². The zero-order valence-corrected chi connectivity index (χ0v) is 14.0. The highest BCUT2D eigenvalue weighted by molar-refractivity contribution is 6.30. The number of nitrogens with one attached hydrogen (secondary N) is 1. The van der Waals surface area contributed by atoms with E-state index in [1.165, 1.54) is 0 Å².